The minimum absolute atomic E-state index is 0.0792. The lowest BCUT2D eigenvalue weighted by molar-refractivity contribution is 0.0786. The van der Waals surface area contributed by atoms with E-state index in [2.05, 4.69) is 22.2 Å². The van der Waals surface area contributed by atoms with E-state index < -0.39 is 0 Å². The van der Waals surface area contributed by atoms with Crippen molar-refractivity contribution in [2.45, 2.75) is 39.2 Å². The molecular formula is C18H23N5OS2. The minimum atomic E-state index is 0.0792. The molecule has 1 amide bonds. The van der Waals surface area contributed by atoms with E-state index >= 15 is 0 Å². The van der Waals surface area contributed by atoms with Gasteiger partial charge >= 0.3 is 0 Å². The predicted octanol–water partition coefficient (Wildman–Crippen LogP) is 3.12. The van der Waals surface area contributed by atoms with E-state index in [1.807, 2.05) is 26.4 Å². The van der Waals surface area contributed by atoms with Gasteiger partial charge in [0.25, 0.3) is 5.91 Å². The number of aryl methyl sites for hydroxylation is 2. The number of hydrogen-bond donors (Lipinski definition) is 1. The summed E-state index contributed by atoms with van der Waals surface area (Å²) in [4.78, 5) is 25.9. The van der Waals surface area contributed by atoms with E-state index in [9.17, 15) is 4.79 Å². The molecule has 1 aliphatic heterocycles. The standard InChI is InChI=1S/C18H23N5OS2/c1-13-15(26-12-20-13)5-4-6-19-11-14-16(17(24)22-7-2-3-8-22)21-18-23(14)9-10-25-18/h9-10,12,19H,2-8,11H2,1H3. The Labute approximate surface area is 160 Å². The van der Waals surface area contributed by atoms with Gasteiger partial charge < -0.3 is 10.2 Å². The van der Waals surface area contributed by atoms with E-state index in [1.165, 1.54) is 4.88 Å². The van der Waals surface area contributed by atoms with Gasteiger partial charge in [-0.3, -0.25) is 9.20 Å². The molecule has 6 nitrogen and oxygen atoms in total. The molecule has 8 heteroatoms. The van der Waals surface area contributed by atoms with Crippen LogP contribution in [0, 0.1) is 6.92 Å². The maximum atomic E-state index is 12.8. The fourth-order valence-electron chi connectivity index (χ4n) is 3.39. The Kier molecular flexibility index (Phi) is 5.33. The molecule has 1 saturated heterocycles. The molecule has 26 heavy (non-hydrogen) atoms. The second kappa shape index (κ2) is 7.85. The zero-order chi connectivity index (χ0) is 17.9. The molecule has 0 aliphatic carbocycles. The van der Waals surface area contributed by atoms with Crippen LogP contribution in [0.3, 0.4) is 0 Å². The first-order chi connectivity index (χ1) is 12.7. The third kappa shape index (κ3) is 3.54. The molecular weight excluding hydrogens is 366 g/mol. The van der Waals surface area contributed by atoms with E-state index in [-0.39, 0.29) is 5.91 Å². The van der Waals surface area contributed by atoms with Crippen molar-refractivity contribution in [1.82, 2.24) is 24.6 Å². The zero-order valence-electron chi connectivity index (χ0n) is 14.9. The van der Waals surface area contributed by atoms with E-state index in [4.69, 9.17) is 0 Å². The molecule has 0 aromatic carbocycles. The lowest BCUT2D eigenvalue weighted by atomic mass is 10.2. The quantitative estimate of drug-likeness (QED) is 0.631. The van der Waals surface area contributed by atoms with Crippen molar-refractivity contribution in [3.05, 3.63) is 39.0 Å². The molecule has 0 saturated carbocycles. The van der Waals surface area contributed by atoms with E-state index in [0.717, 1.165) is 61.7 Å². The Morgan fingerprint density at radius 2 is 2.15 bits per heavy atom. The summed E-state index contributed by atoms with van der Waals surface area (Å²) >= 11 is 3.30. The lowest BCUT2D eigenvalue weighted by Gasteiger charge is -2.15. The fraction of sp³-hybridized carbons (Fsp3) is 0.500. The number of imidazole rings is 1. The summed E-state index contributed by atoms with van der Waals surface area (Å²) in [5, 5.41) is 5.51. The van der Waals surface area contributed by atoms with Crippen LogP contribution in [0.5, 0.6) is 0 Å². The Balaban J connectivity index is 1.40. The minimum Gasteiger partial charge on any atom is -0.337 e. The van der Waals surface area contributed by atoms with Crippen LogP contribution in [0.1, 0.15) is 46.0 Å². The monoisotopic (exact) mass is 389 g/mol. The SMILES string of the molecule is Cc1ncsc1CCCNCc1c(C(=O)N2CCCC2)nc2sccn12. The number of aromatic nitrogens is 3. The van der Waals surface area contributed by atoms with Crippen LogP contribution < -0.4 is 5.32 Å². The number of thiazole rings is 2. The molecule has 1 N–H and O–H groups in total. The van der Waals surface area contributed by atoms with Crippen LogP contribution in [0.25, 0.3) is 4.96 Å². The fourth-order valence-corrected chi connectivity index (χ4v) is 4.95. The Bertz CT molecular complexity index is 891. The predicted molar refractivity (Wildman–Crippen MR) is 105 cm³/mol. The molecule has 0 spiro atoms. The zero-order valence-corrected chi connectivity index (χ0v) is 16.5. The van der Waals surface area contributed by atoms with Crippen molar-refractivity contribution >= 4 is 33.5 Å². The largest absolute Gasteiger partial charge is 0.337 e. The van der Waals surface area contributed by atoms with Crippen molar-refractivity contribution < 1.29 is 4.79 Å². The van der Waals surface area contributed by atoms with Gasteiger partial charge in [-0.2, -0.15) is 0 Å². The first-order valence-corrected chi connectivity index (χ1v) is 10.8. The summed E-state index contributed by atoms with van der Waals surface area (Å²) in [5.41, 5.74) is 4.65. The normalized spacial score (nSPS) is 14.6. The highest BCUT2D eigenvalue weighted by Crippen LogP contribution is 2.21. The Morgan fingerprint density at radius 1 is 1.31 bits per heavy atom. The number of carbonyl (C=O) groups excluding carboxylic acids is 1. The van der Waals surface area contributed by atoms with Gasteiger partial charge in [-0.05, 0) is 39.2 Å². The van der Waals surface area contributed by atoms with Crippen LogP contribution in [-0.4, -0.2) is 44.8 Å². The first kappa shape index (κ1) is 17.6. The summed E-state index contributed by atoms with van der Waals surface area (Å²) in [7, 11) is 0. The number of likely N-dealkylation sites (tertiary alicyclic amines) is 1. The molecule has 0 radical (unpaired) electrons. The number of fused-ring (bicyclic) bond motifs is 1. The van der Waals surface area contributed by atoms with Crippen molar-refractivity contribution in [2.24, 2.45) is 0 Å². The maximum absolute atomic E-state index is 12.8. The van der Waals surface area contributed by atoms with Crippen molar-refractivity contribution in [2.75, 3.05) is 19.6 Å². The van der Waals surface area contributed by atoms with Gasteiger partial charge in [-0.25, -0.2) is 9.97 Å². The van der Waals surface area contributed by atoms with Gasteiger partial charge in [-0.1, -0.05) is 0 Å². The van der Waals surface area contributed by atoms with Crippen molar-refractivity contribution in [3.8, 4) is 0 Å². The lowest BCUT2D eigenvalue weighted by Crippen LogP contribution is -2.29. The molecule has 0 unspecified atom stereocenters. The third-order valence-corrected chi connectivity index (χ3v) is 6.60. The highest BCUT2D eigenvalue weighted by Gasteiger charge is 2.26. The first-order valence-electron chi connectivity index (χ1n) is 9.07. The molecule has 1 aliphatic rings. The molecule has 3 aromatic heterocycles. The molecule has 0 bridgehead atoms. The summed E-state index contributed by atoms with van der Waals surface area (Å²) < 4.78 is 2.05. The van der Waals surface area contributed by atoms with Gasteiger partial charge in [0.1, 0.15) is 0 Å². The van der Waals surface area contributed by atoms with Gasteiger partial charge in [0, 0.05) is 36.1 Å². The topological polar surface area (TPSA) is 62.5 Å². The maximum Gasteiger partial charge on any atom is 0.274 e. The summed E-state index contributed by atoms with van der Waals surface area (Å²) in [6.45, 7) is 5.34. The summed E-state index contributed by atoms with van der Waals surface area (Å²) in [6, 6.07) is 0. The number of carbonyl (C=O) groups is 1. The number of rotatable bonds is 7. The molecule has 0 atom stereocenters. The van der Waals surface area contributed by atoms with Crippen molar-refractivity contribution in [3.63, 3.8) is 0 Å². The molecule has 4 heterocycles. The summed E-state index contributed by atoms with van der Waals surface area (Å²) in [6.07, 6.45) is 6.30. The Hall–Kier alpha value is -1.77. The van der Waals surface area contributed by atoms with Gasteiger partial charge in [-0.15, -0.1) is 22.7 Å². The number of nitrogens with zero attached hydrogens (tertiary/aromatic N) is 4. The van der Waals surface area contributed by atoms with Gasteiger partial charge in [0.05, 0.1) is 16.9 Å². The molecule has 4 rings (SSSR count). The average molecular weight is 390 g/mol. The second-order valence-electron chi connectivity index (χ2n) is 6.60. The van der Waals surface area contributed by atoms with E-state index in [0.29, 0.717) is 12.2 Å². The Morgan fingerprint density at radius 3 is 2.92 bits per heavy atom. The summed E-state index contributed by atoms with van der Waals surface area (Å²) in [5.74, 6) is 0.0792. The van der Waals surface area contributed by atoms with Crippen LogP contribution in [0.2, 0.25) is 0 Å². The third-order valence-electron chi connectivity index (χ3n) is 4.85. The number of amides is 1. The smallest absolute Gasteiger partial charge is 0.274 e. The average Bonchev–Trinajstić information content (AvgIpc) is 3.40. The molecule has 138 valence electrons. The van der Waals surface area contributed by atoms with Crippen LogP contribution in [-0.2, 0) is 13.0 Å². The van der Waals surface area contributed by atoms with Gasteiger partial charge in [0.2, 0.25) is 0 Å². The second-order valence-corrected chi connectivity index (χ2v) is 8.42. The number of nitrogens with one attached hydrogen (secondary N) is 1. The molecule has 1 fully saturated rings. The highest BCUT2D eigenvalue weighted by molar-refractivity contribution is 7.15. The van der Waals surface area contributed by atoms with Crippen LogP contribution >= 0.6 is 22.7 Å². The van der Waals surface area contributed by atoms with Crippen LogP contribution in [0.15, 0.2) is 17.1 Å². The van der Waals surface area contributed by atoms with Crippen LogP contribution in [0.4, 0.5) is 0 Å². The van der Waals surface area contributed by atoms with Gasteiger partial charge in [0.15, 0.2) is 10.7 Å². The highest BCUT2D eigenvalue weighted by atomic mass is 32.1. The van der Waals surface area contributed by atoms with E-state index in [1.54, 1.807) is 22.7 Å². The number of hydrogen-bond acceptors (Lipinski definition) is 6. The van der Waals surface area contributed by atoms with Crippen molar-refractivity contribution in [1.29, 1.82) is 0 Å². The molecule has 3 aromatic rings.